The molecule has 1 nitrogen and oxygen atoms in total. The number of rotatable bonds is 0. The third-order valence-electron chi connectivity index (χ3n) is 0.750. The third-order valence-corrected chi connectivity index (χ3v) is 0.750. The third kappa shape index (κ3) is 0.618. The molecule has 1 saturated heterocycles. The van der Waals surface area contributed by atoms with E-state index < -0.39 is 0 Å². The van der Waals surface area contributed by atoms with Crippen molar-refractivity contribution in [1.29, 1.82) is 0 Å². The first-order valence-electron chi connectivity index (χ1n) is 3.01. The normalized spacial score (nSPS) is 48.4. The molecular weight excluding hydrogens is 62.1 g/mol. The molecule has 0 unspecified atom stereocenters. The topological polar surface area (TPSA) is 12.0 Å². The van der Waals surface area contributed by atoms with Gasteiger partial charge in [0.2, 0.25) is 0 Å². The summed E-state index contributed by atoms with van der Waals surface area (Å²) in [7, 11) is 0. The number of nitrogens with one attached hydrogen (secondary N) is 1. The fraction of sp³-hybridized carbons (Fsp3) is 1.00. The van der Waals surface area contributed by atoms with Gasteiger partial charge in [-0.15, -0.1) is 0 Å². The van der Waals surface area contributed by atoms with Gasteiger partial charge in [-0.3, -0.25) is 0 Å². The maximum atomic E-state index is 7.08. The van der Waals surface area contributed by atoms with Crippen LogP contribution >= 0.6 is 0 Å². The molecule has 1 fully saturated rings. The van der Waals surface area contributed by atoms with Gasteiger partial charge in [0.25, 0.3) is 0 Å². The van der Waals surface area contributed by atoms with Gasteiger partial charge in [-0.25, -0.2) is 0 Å². The molecule has 30 valence electrons. The summed E-state index contributed by atoms with van der Waals surface area (Å²) >= 11 is 0. The predicted molar refractivity (Wildman–Crippen MR) is 22.1 cm³/mol. The summed E-state index contributed by atoms with van der Waals surface area (Å²) in [6.45, 7) is 0.550. The number of hydrogen-bond donors (Lipinski definition) is 1. The molecule has 0 saturated carbocycles. The largest absolute Gasteiger partial charge is 0.317 e. The van der Waals surface area contributed by atoms with E-state index in [2.05, 4.69) is 0 Å². The van der Waals surface area contributed by atoms with Crippen LogP contribution in [0.4, 0.5) is 0 Å². The van der Waals surface area contributed by atoms with Gasteiger partial charge in [-0.05, 0) is 25.9 Å². The van der Waals surface area contributed by atoms with E-state index in [0.717, 1.165) is 19.4 Å². The standard InChI is InChI=1S/C4H9N/c1-2-4-5-3-1/h5H,1-4H2/i3D/hD/t3-/m1/s1. The van der Waals surface area contributed by atoms with Crippen LogP contribution in [0.2, 0.25) is 1.41 Å². The fourth-order valence-corrected chi connectivity index (χ4v) is 0.456. The molecule has 0 bridgehead atoms. The molecule has 0 aromatic carbocycles. The van der Waals surface area contributed by atoms with Crippen LogP contribution in [0.25, 0.3) is 0 Å². The zero-order valence-corrected chi connectivity index (χ0v) is 3.15. The van der Waals surface area contributed by atoms with Crippen molar-refractivity contribution in [2.45, 2.75) is 12.8 Å². The van der Waals surface area contributed by atoms with Gasteiger partial charge in [0.15, 0.2) is 0 Å². The monoisotopic (exact) mass is 73.1 g/mol. The summed E-state index contributed by atoms with van der Waals surface area (Å²) in [6.07, 6.45) is 1.90. The van der Waals surface area contributed by atoms with Crippen molar-refractivity contribution in [3.05, 3.63) is 0 Å². The highest BCUT2D eigenvalue weighted by atomic mass is 14.9. The summed E-state index contributed by atoms with van der Waals surface area (Å²) in [5.41, 5.74) is 0. The molecule has 1 heterocycles. The van der Waals surface area contributed by atoms with Crippen molar-refractivity contribution in [1.82, 2.24) is 5.31 Å². The van der Waals surface area contributed by atoms with Gasteiger partial charge < -0.3 is 5.31 Å². The van der Waals surface area contributed by atoms with E-state index in [9.17, 15) is 0 Å². The zero-order valence-electron chi connectivity index (χ0n) is 5.15. The van der Waals surface area contributed by atoms with Crippen LogP contribution in [0.15, 0.2) is 0 Å². The minimum atomic E-state index is -0.236. The molecule has 1 atom stereocenters. The van der Waals surface area contributed by atoms with E-state index in [4.69, 9.17) is 2.78 Å². The molecule has 0 radical (unpaired) electrons. The van der Waals surface area contributed by atoms with Crippen molar-refractivity contribution < 1.29 is 2.78 Å². The Morgan fingerprint density at radius 2 is 2.80 bits per heavy atom. The quantitative estimate of drug-likeness (QED) is 0.437. The van der Waals surface area contributed by atoms with Gasteiger partial charge in [-0.2, -0.15) is 0 Å². The average molecular weight is 73.1 g/mol. The molecule has 0 aromatic rings. The van der Waals surface area contributed by atoms with Crippen molar-refractivity contribution in [3.8, 4) is 0 Å². The first kappa shape index (κ1) is 1.61. The smallest absolute Gasteiger partial charge is 0.122 e. The van der Waals surface area contributed by atoms with E-state index in [0.29, 0.717) is 0 Å². The van der Waals surface area contributed by atoms with Crippen LogP contribution in [0.3, 0.4) is 0 Å². The van der Waals surface area contributed by atoms with E-state index >= 15 is 0 Å². The summed E-state index contributed by atoms with van der Waals surface area (Å²) in [4.78, 5) is 0. The Hall–Kier alpha value is -0.0400. The Morgan fingerprint density at radius 3 is 3.00 bits per heavy atom. The zero-order chi connectivity index (χ0) is 5.28. The van der Waals surface area contributed by atoms with Crippen LogP contribution in [-0.2, 0) is 0 Å². The molecule has 1 rings (SSSR count). The highest BCUT2D eigenvalue weighted by Crippen LogP contribution is 1.90. The molecule has 0 aliphatic carbocycles. The van der Waals surface area contributed by atoms with Crippen LogP contribution in [0, 0.1) is 0 Å². The summed E-state index contributed by atoms with van der Waals surface area (Å²) < 4.78 is 14.1. The molecular formula is C4H9N. The lowest BCUT2D eigenvalue weighted by Crippen LogP contribution is -2.03. The first-order chi connectivity index (χ1) is 3.30. The maximum Gasteiger partial charge on any atom is 0.122 e. The van der Waals surface area contributed by atoms with Gasteiger partial charge >= 0.3 is 0 Å². The molecule has 1 heteroatoms. The maximum absolute atomic E-state index is 7.08. The fourth-order valence-electron chi connectivity index (χ4n) is 0.456. The second-order valence-corrected chi connectivity index (χ2v) is 1.23. The van der Waals surface area contributed by atoms with Crippen molar-refractivity contribution in [2.24, 2.45) is 0 Å². The Kier molecular flexibility index (Phi) is 0.453. The highest BCUT2D eigenvalue weighted by Gasteiger charge is 1.93. The summed E-state index contributed by atoms with van der Waals surface area (Å²) in [5.74, 6) is 0. The van der Waals surface area contributed by atoms with Crippen LogP contribution in [0.1, 0.15) is 14.2 Å². The lowest BCUT2D eigenvalue weighted by Gasteiger charge is -1.76. The van der Waals surface area contributed by atoms with Crippen LogP contribution in [0.5, 0.6) is 0 Å². The average Bonchev–Trinajstić information content (AvgIpc) is 1.91. The van der Waals surface area contributed by atoms with E-state index in [1.165, 1.54) is 5.31 Å². The van der Waals surface area contributed by atoms with Crippen LogP contribution in [-0.4, -0.2) is 13.1 Å². The molecule has 0 aromatic heterocycles. The number of hydrogen-bond acceptors (Lipinski definition) is 1. The molecule has 0 spiro atoms. The molecule has 1 aliphatic rings. The summed E-state index contributed by atoms with van der Waals surface area (Å²) in [6, 6.07) is 0. The van der Waals surface area contributed by atoms with Gasteiger partial charge in [0, 0.05) is 1.37 Å². The van der Waals surface area contributed by atoms with Gasteiger partial charge in [0.1, 0.15) is 1.41 Å². The van der Waals surface area contributed by atoms with Crippen LogP contribution < -0.4 is 5.31 Å². The molecule has 1 N–H and O–H groups in total. The Bertz CT molecular complexity index is 58.7. The molecule has 0 amide bonds. The minimum absolute atomic E-state index is 0.236. The Morgan fingerprint density at radius 1 is 1.80 bits per heavy atom. The molecule has 1 aliphatic heterocycles. The van der Waals surface area contributed by atoms with E-state index in [-0.39, 0.29) is 6.52 Å². The lowest BCUT2D eigenvalue weighted by atomic mass is 10.4. The van der Waals surface area contributed by atoms with E-state index in [1.807, 2.05) is 0 Å². The first-order valence-corrected chi connectivity index (χ1v) is 1.98. The van der Waals surface area contributed by atoms with Gasteiger partial charge in [-0.1, -0.05) is 0 Å². The van der Waals surface area contributed by atoms with E-state index in [1.54, 1.807) is 0 Å². The SMILES string of the molecule is [2H][C@@H]1CCCN1[2H]. The van der Waals surface area contributed by atoms with Gasteiger partial charge in [0.05, 0.1) is 0 Å². The Balaban J connectivity index is 2.33. The molecule has 5 heavy (non-hydrogen) atoms. The summed E-state index contributed by atoms with van der Waals surface area (Å²) in [5, 5.41) is 1.32. The highest BCUT2D eigenvalue weighted by molar-refractivity contribution is 4.55. The second-order valence-electron chi connectivity index (χ2n) is 1.23. The van der Waals surface area contributed by atoms with Crippen molar-refractivity contribution in [3.63, 3.8) is 0 Å². The minimum Gasteiger partial charge on any atom is -0.317 e. The Labute approximate surface area is 35.2 Å². The lowest BCUT2D eigenvalue weighted by molar-refractivity contribution is 0.857. The van der Waals surface area contributed by atoms with Crippen molar-refractivity contribution in [2.75, 3.05) is 13.1 Å². The van der Waals surface area contributed by atoms with Crippen molar-refractivity contribution >= 4 is 0 Å². The second kappa shape index (κ2) is 1.41. The predicted octanol–water partition coefficient (Wildman–Crippen LogP) is 0.370.